The predicted octanol–water partition coefficient (Wildman–Crippen LogP) is 2.37. The molecular formula is C14H14F3N5O3. The Morgan fingerprint density at radius 2 is 2.04 bits per heavy atom. The molecule has 0 unspecified atom stereocenters. The SMILES string of the molecule is Cc1nn(C)c(C(=O)Nc2cc(CN)cc(C(F)(F)F)c2)c1[N+](=O)[O-]. The molecule has 2 aromatic rings. The first-order valence-electron chi connectivity index (χ1n) is 6.95. The highest BCUT2D eigenvalue weighted by molar-refractivity contribution is 6.06. The van der Waals surface area contributed by atoms with E-state index in [4.69, 9.17) is 5.73 Å². The van der Waals surface area contributed by atoms with Crippen molar-refractivity contribution < 1.29 is 22.9 Å². The van der Waals surface area contributed by atoms with Gasteiger partial charge >= 0.3 is 11.9 Å². The first-order valence-corrected chi connectivity index (χ1v) is 6.95. The minimum absolute atomic E-state index is 0.0179. The van der Waals surface area contributed by atoms with Gasteiger partial charge in [0, 0.05) is 19.3 Å². The number of anilines is 1. The quantitative estimate of drug-likeness (QED) is 0.644. The van der Waals surface area contributed by atoms with Gasteiger partial charge in [0.2, 0.25) is 5.69 Å². The number of nitrogens with two attached hydrogens (primary N) is 1. The van der Waals surface area contributed by atoms with E-state index in [1.165, 1.54) is 20.0 Å². The van der Waals surface area contributed by atoms with Crippen LogP contribution in [0.5, 0.6) is 0 Å². The molecule has 11 heteroatoms. The Kier molecular flexibility index (Phi) is 4.79. The zero-order chi connectivity index (χ0) is 18.9. The summed E-state index contributed by atoms with van der Waals surface area (Å²) in [6.07, 6.45) is -4.63. The second-order valence-electron chi connectivity index (χ2n) is 5.24. The van der Waals surface area contributed by atoms with E-state index in [9.17, 15) is 28.1 Å². The minimum atomic E-state index is -4.63. The maximum atomic E-state index is 12.9. The number of aryl methyl sites for hydroxylation is 2. The highest BCUT2D eigenvalue weighted by Gasteiger charge is 2.32. The number of amides is 1. The third-order valence-corrected chi connectivity index (χ3v) is 3.40. The lowest BCUT2D eigenvalue weighted by Gasteiger charge is -2.12. The summed E-state index contributed by atoms with van der Waals surface area (Å²) in [6, 6.07) is 2.86. The van der Waals surface area contributed by atoms with Crippen molar-refractivity contribution in [3.05, 3.63) is 50.8 Å². The Labute approximate surface area is 139 Å². The second kappa shape index (κ2) is 6.51. The molecule has 2 rings (SSSR count). The first-order chi connectivity index (χ1) is 11.5. The summed E-state index contributed by atoms with van der Waals surface area (Å²) in [5.41, 5.74) is 3.52. The van der Waals surface area contributed by atoms with Gasteiger partial charge in [0.15, 0.2) is 0 Å². The van der Waals surface area contributed by atoms with Crippen LogP contribution >= 0.6 is 0 Å². The van der Waals surface area contributed by atoms with E-state index >= 15 is 0 Å². The Balaban J connectivity index is 2.44. The van der Waals surface area contributed by atoms with Crippen molar-refractivity contribution in [1.82, 2.24) is 9.78 Å². The van der Waals surface area contributed by atoms with E-state index < -0.39 is 28.3 Å². The number of aromatic nitrogens is 2. The lowest BCUT2D eigenvalue weighted by Crippen LogP contribution is -2.18. The minimum Gasteiger partial charge on any atom is -0.326 e. The van der Waals surface area contributed by atoms with Crippen LogP contribution in [-0.4, -0.2) is 20.6 Å². The topological polar surface area (TPSA) is 116 Å². The highest BCUT2D eigenvalue weighted by atomic mass is 19.4. The maximum absolute atomic E-state index is 12.9. The molecule has 0 saturated heterocycles. The Morgan fingerprint density at radius 1 is 1.40 bits per heavy atom. The summed E-state index contributed by atoms with van der Waals surface area (Å²) in [7, 11) is 1.33. The molecule has 134 valence electrons. The average molecular weight is 357 g/mol. The summed E-state index contributed by atoms with van der Waals surface area (Å²) < 4.78 is 39.8. The number of halogens is 3. The van der Waals surface area contributed by atoms with Gasteiger partial charge < -0.3 is 11.1 Å². The molecule has 0 aliphatic carbocycles. The van der Waals surface area contributed by atoms with Crippen molar-refractivity contribution in [1.29, 1.82) is 0 Å². The van der Waals surface area contributed by atoms with E-state index in [0.29, 0.717) is 0 Å². The van der Waals surface area contributed by atoms with Crippen LogP contribution in [0.15, 0.2) is 18.2 Å². The molecule has 1 amide bonds. The molecule has 0 aliphatic rings. The zero-order valence-corrected chi connectivity index (χ0v) is 13.2. The van der Waals surface area contributed by atoms with Crippen LogP contribution in [0.4, 0.5) is 24.5 Å². The van der Waals surface area contributed by atoms with Gasteiger partial charge in [-0.2, -0.15) is 18.3 Å². The molecule has 1 aromatic carbocycles. The molecule has 0 atom stereocenters. The average Bonchev–Trinajstić information content (AvgIpc) is 2.80. The third kappa shape index (κ3) is 3.76. The number of nitrogens with zero attached hydrogens (tertiary/aromatic N) is 3. The molecule has 1 heterocycles. The second-order valence-corrected chi connectivity index (χ2v) is 5.24. The Bertz CT molecular complexity index is 845. The number of carbonyl (C=O) groups excluding carboxylic acids is 1. The van der Waals surface area contributed by atoms with Crippen molar-refractivity contribution in [3.63, 3.8) is 0 Å². The van der Waals surface area contributed by atoms with Crippen LogP contribution in [0.2, 0.25) is 0 Å². The number of nitrogens with one attached hydrogen (secondary N) is 1. The Hall–Kier alpha value is -2.95. The number of hydrogen-bond donors (Lipinski definition) is 2. The molecule has 0 saturated carbocycles. The van der Waals surface area contributed by atoms with Crippen LogP contribution in [-0.2, 0) is 19.8 Å². The summed E-state index contributed by atoms with van der Waals surface area (Å²) in [5.74, 6) is -0.947. The zero-order valence-electron chi connectivity index (χ0n) is 13.2. The fourth-order valence-corrected chi connectivity index (χ4v) is 2.36. The molecule has 1 aromatic heterocycles. The van der Waals surface area contributed by atoms with Crippen molar-refractivity contribution in [3.8, 4) is 0 Å². The van der Waals surface area contributed by atoms with Crippen molar-refractivity contribution in [2.45, 2.75) is 19.6 Å². The molecule has 3 N–H and O–H groups in total. The molecular weight excluding hydrogens is 343 g/mol. The molecule has 25 heavy (non-hydrogen) atoms. The van der Waals surface area contributed by atoms with Crippen LogP contribution in [0.25, 0.3) is 0 Å². The number of rotatable bonds is 4. The van der Waals surface area contributed by atoms with E-state index in [1.807, 2.05) is 0 Å². The number of alkyl halides is 3. The smallest absolute Gasteiger partial charge is 0.326 e. The summed E-state index contributed by atoms with van der Waals surface area (Å²) in [5, 5.41) is 17.1. The number of nitro groups is 1. The molecule has 0 bridgehead atoms. The standard InChI is InChI=1S/C14H14F3N5O3/c1-7-11(22(24)25)12(21(2)20-7)13(23)19-10-4-8(6-18)3-9(5-10)14(15,16)17/h3-5H,6,18H2,1-2H3,(H,19,23). The van der Waals surface area contributed by atoms with Crippen LogP contribution in [0.3, 0.4) is 0 Å². The van der Waals surface area contributed by atoms with E-state index in [1.54, 1.807) is 0 Å². The van der Waals surface area contributed by atoms with Gasteiger partial charge in [-0.25, -0.2) is 0 Å². The highest BCUT2D eigenvalue weighted by Crippen LogP contribution is 2.32. The van der Waals surface area contributed by atoms with E-state index in [-0.39, 0.29) is 29.2 Å². The summed E-state index contributed by atoms with van der Waals surface area (Å²) in [6.45, 7) is 1.18. The fraction of sp³-hybridized carbons (Fsp3) is 0.286. The lowest BCUT2D eigenvalue weighted by molar-refractivity contribution is -0.385. The number of benzene rings is 1. The van der Waals surface area contributed by atoms with Gasteiger partial charge in [0.05, 0.1) is 10.5 Å². The largest absolute Gasteiger partial charge is 0.416 e. The van der Waals surface area contributed by atoms with Crippen LogP contribution in [0, 0.1) is 17.0 Å². The van der Waals surface area contributed by atoms with Gasteiger partial charge in [0.25, 0.3) is 5.91 Å². The van der Waals surface area contributed by atoms with Crippen molar-refractivity contribution in [2.24, 2.45) is 12.8 Å². The van der Waals surface area contributed by atoms with Gasteiger partial charge in [-0.3, -0.25) is 19.6 Å². The van der Waals surface area contributed by atoms with Gasteiger partial charge in [0.1, 0.15) is 5.69 Å². The molecule has 0 spiro atoms. The Morgan fingerprint density at radius 3 is 2.56 bits per heavy atom. The van der Waals surface area contributed by atoms with Gasteiger partial charge in [-0.1, -0.05) is 0 Å². The van der Waals surface area contributed by atoms with Crippen molar-refractivity contribution >= 4 is 17.3 Å². The fourth-order valence-electron chi connectivity index (χ4n) is 2.36. The van der Waals surface area contributed by atoms with Gasteiger partial charge in [-0.05, 0) is 30.7 Å². The molecule has 8 nitrogen and oxygen atoms in total. The van der Waals surface area contributed by atoms with E-state index in [2.05, 4.69) is 10.4 Å². The van der Waals surface area contributed by atoms with E-state index in [0.717, 1.165) is 16.8 Å². The lowest BCUT2D eigenvalue weighted by atomic mass is 10.1. The van der Waals surface area contributed by atoms with Crippen molar-refractivity contribution in [2.75, 3.05) is 5.32 Å². The van der Waals surface area contributed by atoms with Gasteiger partial charge in [-0.15, -0.1) is 0 Å². The predicted molar refractivity (Wildman–Crippen MR) is 81.9 cm³/mol. The molecule has 0 radical (unpaired) electrons. The maximum Gasteiger partial charge on any atom is 0.416 e. The number of carbonyl (C=O) groups is 1. The first kappa shape index (κ1) is 18.4. The third-order valence-electron chi connectivity index (χ3n) is 3.40. The summed E-state index contributed by atoms with van der Waals surface area (Å²) >= 11 is 0. The number of hydrogen-bond acceptors (Lipinski definition) is 5. The van der Waals surface area contributed by atoms with Crippen LogP contribution < -0.4 is 11.1 Å². The monoisotopic (exact) mass is 357 g/mol. The van der Waals surface area contributed by atoms with Crippen LogP contribution in [0.1, 0.15) is 27.3 Å². The summed E-state index contributed by atoms with van der Waals surface area (Å²) in [4.78, 5) is 22.7. The molecule has 0 aliphatic heterocycles. The molecule has 0 fully saturated rings. The normalized spacial score (nSPS) is 11.4.